The highest BCUT2D eigenvalue weighted by molar-refractivity contribution is 5.82. The molecule has 2 rings (SSSR count). The quantitative estimate of drug-likeness (QED) is 0.459. The molecular formula is C14H17NO2. The molecule has 1 aromatic rings. The number of hydrogen-bond donors (Lipinski definition) is 1. The minimum atomic E-state index is 0.388. The molecule has 0 atom stereocenters. The van der Waals surface area contributed by atoms with Crippen LogP contribution in [-0.2, 0) is 4.79 Å². The van der Waals surface area contributed by atoms with Crippen LogP contribution >= 0.6 is 0 Å². The van der Waals surface area contributed by atoms with E-state index in [1.165, 1.54) is 0 Å². The summed E-state index contributed by atoms with van der Waals surface area (Å²) in [5.74, 6) is 0.388. The zero-order valence-electron chi connectivity index (χ0n) is 9.76. The Balaban J connectivity index is 0.000000171. The van der Waals surface area contributed by atoms with Crippen LogP contribution in [-0.4, -0.2) is 12.1 Å². The number of aldehydes is 1. The van der Waals surface area contributed by atoms with Crippen molar-refractivity contribution in [3.63, 3.8) is 0 Å². The van der Waals surface area contributed by atoms with Crippen LogP contribution in [0.1, 0.15) is 36.0 Å². The molecule has 0 aromatic heterocycles. The first-order valence-electron chi connectivity index (χ1n) is 5.70. The predicted molar refractivity (Wildman–Crippen MR) is 68.9 cm³/mol. The lowest BCUT2D eigenvalue weighted by Gasteiger charge is -1.92. The predicted octanol–water partition coefficient (Wildman–Crippen LogP) is 2.77. The van der Waals surface area contributed by atoms with Gasteiger partial charge in [-0.15, -0.1) is 0 Å². The van der Waals surface area contributed by atoms with E-state index in [1.807, 2.05) is 6.08 Å². The second kappa shape index (κ2) is 7.39. The van der Waals surface area contributed by atoms with Crippen LogP contribution < -0.4 is 5.73 Å². The minimum Gasteiger partial charge on any atom is -0.398 e. The topological polar surface area (TPSA) is 60.2 Å². The van der Waals surface area contributed by atoms with Crippen molar-refractivity contribution in [1.82, 2.24) is 0 Å². The van der Waals surface area contributed by atoms with Crippen molar-refractivity contribution < 1.29 is 9.59 Å². The fraction of sp³-hybridized carbons (Fsp3) is 0.286. The third kappa shape index (κ3) is 5.11. The molecule has 0 spiro atoms. The maximum absolute atomic E-state index is 10.6. The zero-order valence-corrected chi connectivity index (χ0v) is 9.76. The van der Waals surface area contributed by atoms with Crippen LogP contribution in [0.15, 0.2) is 36.4 Å². The van der Waals surface area contributed by atoms with E-state index in [2.05, 4.69) is 6.08 Å². The Morgan fingerprint density at radius 3 is 2.59 bits per heavy atom. The summed E-state index contributed by atoms with van der Waals surface area (Å²) in [6.07, 6.45) is 8.39. The standard InChI is InChI=1S/C7H7NO.C7H10O/c8-7-4-2-1-3-6(7)5-9;8-7-5-3-1-2-4-6-7/h1-5H,8H2;1,3H,2,4-6H2. The highest BCUT2D eigenvalue weighted by atomic mass is 16.1. The Bertz CT molecular complexity index is 410. The Kier molecular flexibility index (Phi) is 5.72. The van der Waals surface area contributed by atoms with E-state index in [9.17, 15) is 9.59 Å². The first-order chi connectivity index (χ1) is 8.24. The SMILES string of the molecule is Nc1ccccc1C=O.O=C1CC=CCCC1. The monoisotopic (exact) mass is 231 g/mol. The van der Waals surface area contributed by atoms with E-state index in [1.54, 1.807) is 24.3 Å². The lowest BCUT2D eigenvalue weighted by Crippen LogP contribution is -1.91. The molecule has 0 unspecified atom stereocenters. The molecule has 0 heterocycles. The molecule has 1 aliphatic rings. The van der Waals surface area contributed by atoms with E-state index in [4.69, 9.17) is 5.73 Å². The van der Waals surface area contributed by atoms with E-state index >= 15 is 0 Å². The molecule has 0 amide bonds. The molecule has 17 heavy (non-hydrogen) atoms. The number of ketones is 1. The summed E-state index contributed by atoms with van der Waals surface area (Å²) in [7, 11) is 0. The lowest BCUT2D eigenvalue weighted by molar-refractivity contribution is -0.118. The number of rotatable bonds is 1. The number of anilines is 1. The van der Waals surface area contributed by atoms with E-state index in [0.717, 1.165) is 25.5 Å². The molecule has 0 aliphatic heterocycles. The summed E-state index contributed by atoms with van der Waals surface area (Å²) in [4.78, 5) is 20.8. The zero-order chi connectivity index (χ0) is 12.5. The highest BCUT2D eigenvalue weighted by Crippen LogP contribution is 2.06. The van der Waals surface area contributed by atoms with Gasteiger partial charge in [-0.3, -0.25) is 9.59 Å². The van der Waals surface area contributed by atoms with Gasteiger partial charge in [0.2, 0.25) is 0 Å². The Labute approximate surface area is 101 Å². The Morgan fingerprint density at radius 2 is 1.94 bits per heavy atom. The van der Waals surface area contributed by atoms with Crippen LogP contribution in [0.25, 0.3) is 0 Å². The Hall–Kier alpha value is -1.90. The number of hydrogen-bond acceptors (Lipinski definition) is 3. The molecule has 1 aromatic carbocycles. The van der Waals surface area contributed by atoms with Crippen molar-refractivity contribution >= 4 is 17.8 Å². The number of allylic oxidation sites excluding steroid dienone is 2. The summed E-state index contributed by atoms with van der Waals surface area (Å²) in [6, 6.07) is 6.95. The van der Waals surface area contributed by atoms with Crippen molar-refractivity contribution in [1.29, 1.82) is 0 Å². The molecule has 1 aliphatic carbocycles. The summed E-state index contributed by atoms with van der Waals surface area (Å²) in [6.45, 7) is 0. The Morgan fingerprint density at radius 1 is 1.18 bits per heavy atom. The summed E-state index contributed by atoms with van der Waals surface area (Å²) in [5.41, 5.74) is 6.49. The van der Waals surface area contributed by atoms with E-state index < -0.39 is 0 Å². The molecule has 3 nitrogen and oxygen atoms in total. The molecule has 0 radical (unpaired) electrons. The van der Waals surface area contributed by atoms with Gasteiger partial charge in [0.05, 0.1) is 0 Å². The van der Waals surface area contributed by atoms with Gasteiger partial charge in [-0.25, -0.2) is 0 Å². The smallest absolute Gasteiger partial charge is 0.152 e. The maximum Gasteiger partial charge on any atom is 0.152 e. The van der Waals surface area contributed by atoms with Crippen molar-refractivity contribution in [2.45, 2.75) is 25.7 Å². The second-order valence-electron chi connectivity index (χ2n) is 3.85. The molecule has 0 saturated carbocycles. The van der Waals surface area contributed by atoms with Gasteiger partial charge in [0.25, 0.3) is 0 Å². The van der Waals surface area contributed by atoms with Gasteiger partial charge in [-0.05, 0) is 25.0 Å². The van der Waals surface area contributed by atoms with Gasteiger partial charge in [0.1, 0.15) is 5.78 Å². The van der Waals surface area contributed by atoms with Gasteiger partial charge < -0.3 is 5.73 Å². The molecule has 3 heteroatoms. The molecular weight excluding hydrogens is 214 g/mol. The molecule has 2 N–H and O–H groups in total. The van der Waals surface area contributed by atoms with Crippen molar-refractivity contribution in [2.24, 2.45) is 0 Å². The minimum absolute atomic E-state index is 0.388. The van der Waals surface area contributed by atoms with Crippen LogP contribution in [0, 0.1) is 0 Å². The van der Waals surface area contributed by atoms with Gasteiger partial charge in [0.15, 0.2) is 6.29 Å². The molecule has 0 saturated heterocycles. The molecule has 0 bridgehead atoms. The fourth-order valence-corrected chi connectivity index (χ4v) is 1.47. The van der Waals surface area contributed by atoms with Gasteiger partial charge in [0, 0.05) is 24.1 Å². The first-order valence-corrected chi connectivity index (χ1v) is 5.70. The highest BCUT2D eigenvalue weighted by Gasteiger charge is 2.00. The van der Waals surface area contributed by atoms with E-state index in [0.29, 0.717) is 23.5 Å². The molecule has 0 fully saturated rings. The van der Waals surface area contributed by atoms with Crippen molar-refractivity contribution in [3.8, 4) is 0 Å². The average molecular weight is 231 g/mol. The number of carbonyl (C=O) groups is 2. The number of carbonyl (C=O) groups excluding carboxylic acids is 2. The van der Waals surface area contributed by atoms with Crippen LogP contribution in [0.4, 0.5) is 5.69 Å². The van der Waals surface area contributed by atoms with Crippen molar-refractivity contribution in [3.05, 3.63) is 42.0 Å². The number of Topliss-reactive ketones (excluding diaryl/α,β-unsaturated/α-hetero) is 1. The van der Waals surface area contributed by atoms with E-state index in [-0.39, 0.29) is 0 Å². The maximum atomic E-state index is 10.6. The van der Waals surface area contributed by atoms with Crippen LogP contribution in [0.3, 0.4) is 0 Å². The number of para-hydroxylation sites is 1. The average Bonchev–Trinajstić information content (AvgIpc) is 2.58. The van der Waals surface area contributed by atoms with Crippen LogP contribution in [0.5, 0.6) is 0 Å². The third-order valence-corrected chi connectivity index (χ3v) is 2.46. The largest absolute Gasteiger partial charge is 0.398 e. The normalized spacial score (nSPS) is 14.5. The summed E-state index contributed by atoms with van der Waals surface area (Å²) < 4.78 is 0. The fourth-order valence-electron chi connectivity index (χ4n) is 1.47. The van der Waals surface area contributed by atoms with Gasteiger partial charge in [-0.2, -0.15) is 0 Å². The van der Waals surface area contributed by atoms with Crippen molar-refractivity contribution in [2.75, 3.05) is 5.73 Å². The lowest BCUT2D eigenvalue weighted by atomic mass is 10.2. The van der Waals surface area contributed by atoms with Gasteiger partial charge >= 0.3 is 0 Å². The summed E-state index contributed by atoms with van der Waals surface area (Å²) >= 11 is 0. The number of benzene rings is 1. The van der Waals surface area contributed by atoms with Gasteiger partial charge in [-0.1, -0.05) is 24.3 Å². The summed E-state index contributed by atoms with van der Waals surface area (Å²) in [5, 5.41) is 0. The van der Waals surface area contributed by atoms with Crippen LogP contribution in [0.2, 0.25) is 0 Å². The number of nitrogens with two attached hydrogens (primary N) is 1. The third-order valence-electron chi connectivity index (χ3n) is 2.46. The molecule has 90 valence electrons. The first kappa shape index (κ1) is 13.2. The second-order valence-corrected chi connectivity index (χ2v) is 3.85. The number of nitrogen functional groups attached to an aromatic ring is 1.